The molecule has 0 aromatic heterocycles. The Morgan fingerprint density at radius 3 is 1.87 bits per heavy atom. The first-order valence-corrected chi connectivity index (χ1v) is 20.8. The molecule has 1 aromatic rings. The van der Waals surface area contributed by atoms with Crippen molar-refractivity contribution in [3.05, 3.63) is 35.9 Å². The molecule has 2 aliphatic rings. The molecule has 1 aliphatic heterocycles. The van der Waals surface area contributed by atoms with Crippen LogP contribution in [0.2, 0.25) is 39.3 Å². The van der Waals surface area contributed by atoms with Gasteiger partial charge in [0.25, 0.3) is 0 Å². The van der Waals surface area contributed by atoms with E-state index in [0.29, 0.717) is 18.0 Å². The van der Waals surface area contributed by atoms with Crippen LogP contribution in [-0.2, 0) is 4.52 Å². The topological polar surface area (TPSA) is 15.7 Å². The number of hydrogen-bond donors (Lipinski definition) is 0. The average Bonchev–Trinajstić information content (AvgIpc) is 2.92. The zero-order valence-electron chi connectivity index (χ0n) is 19.9. The van der Waals surface area contributed by atoms with Crippen molar-refractivity contribution in [3.8, 4) is 0 Å². The van der Waals surface area contributed by atoms with Gasteiger partial charge in [-0.1, -0.05) is 82.5 Å². The van der Waals surface area contributed by atoms with Crippen molar-refractivity contribution in [1.29, 1.82) is 0 Å². The van der Waals surface area contributed by atoms with Gasteiger partial charge in [-0.15, -0.1) is 11.6 Å². The van der Waals surface area contributed by atoms with E-state index in [1.807, 2.05) is 0 Å². The van der Waals surface area contributed by atoms with Gasteiger partial charge in [-0.05, 0) is 37.2 Å². The summed E-state index contributed by atoms with van der Waals surface area (Å²) in [4.78, 5) is 0. The van der Waals surface area contributed by atoms with E-state index in [4.69, 9.17) is 16.1 Å². The van der Waals surface area contributed by atoms with Gasteiger partial charge in [0.1, 0.15) is 0 Å². The van der Waals surface area contributed by atoms with Crippen molar-refractivity contribution in [2.24, 2.45) is 0 Å². The fourth-order valence-electron chi connectivity index (χ4n) is 4.80. The van der Waals surface area contributed by atoms with Crippen LogP contribution in [0.1, 0.15) is 43.8 Å². The van der Waals surface area contributed by atoms with Crippen LogP contribution in [0.3, 0.4) is 0 Å². The minimum atomic E-state index is -1.26. The van der Waals surface area contributed by atoms with Crippen LogP contribution < -0.4 is 0 Å². The lowest BCUT2D eigenvalue weighted by Crippen LogP contribution is -2.46. The lowest BCUT2D eigenvalue weighted by Gasteiger charge is -2.37. The number of halogens is 1. The molecule has 2 fully saturated rings. The maximum absolute atomic E-state index is 7.12. The van der Waals surface area contributed by atoms with E-state index in [9.17, 15) is 0 Å². The Morgan fingerprint density at radius 2 is 1.43 bits per heavy atom. The highest BCUT2D eigenvalue weighted by atomic mass is 35.5. The number of nitrogens with zero attached hydrogens (tertiary/aromatic N) is 2. The molecule has 1 aromatic carbocycles. The third-order valence-electron chi connectivity index (χ3n) is 5.94. The van der Waals surface area contributed by atoms with Crippen molar-refractivity contribution < 1.29 is 4.52 Å². The molecule has 170 valence electrons. The zero-order chi connectivity index (χ0) is 21.9. The predicted molar refractivity (Wildman–Crippen MR) is 139 cm³/mol. The van der Waals surface area contributed by atoms with Gasteiger partial charge in [-0.2, -0.15) is 0 Å². The van der Waals surface area contributed by atoms with Crippen molar-refractivity contribution >= 4 is 36.2 Å². The summed E-state index contributed by atoms with van der Waals surface area (Å²) < 4.78 is 12.8. The van der Waals surface area contributed by atoms with Crippen LogP contribution in [-0.4, -0.2) is 55.8 Å². The Labute approximate surface area is 193 Å². The largest absolute Gasteiger partial charge is 0.323 e. The van der Waals surface area contributed by atoms with Crippen LogP contribution in [0.4, 0.5) is 0 Å². The first-order valence-electron chi connectivity index (χ1n) is 11.7. The quantitative estimate of drug-likeness (QED) is 0.208. The molecule has 30 heavy (non-hydrogen) atoms. The maximum Gasteiger partial charge on any atom is 0.188 e. The number of rotatable bonds is 9. The molecule has 0 N–H and O–H groups in total. The number of fused-ring (bicyclic) bond motifs is 1. The van der Waals surface area contributed by atoms with Crippen LogP contribution >= 0.6 is 20.1 Å². The molecule has 3 nitrogen and oxygen atoms in total. The fourth-order valence-corrected chi connectivity index (χ4v) is 13.0. The molecule has 1 saturated heterocycles. The number of hydrogen-bond acceptors (Lipinski definition) is 3. The van der Waals surface area contributed by atoms with Crippen LogP contribution in [0.25, 0.3) is 0 Å². The van der Waals surface area contributed by atoms with E-state index >= 15 is 0 Å². The molecule has 3 atom stereocenters. The van der Waals surface area contributed by atoms with Gasteiger partial charge in [0.15, 0.2) is 8.45 Å². The second-order valence-electron chi connectivity index (χ2n) is 11.5. The Morgan fingerprint density at radius 1 is 0.933 bits per heavy atom. The minimum Gasteiger partial charge on any atom is -0.323 e. The van der Waals surface area contributed by atoms with E-state index in [1.165, 1.54) is 43.6 Å². The summed E-state index contributed by atoms with van der Waals surface area (Å²) >= 11 is 6.25. The van der Waals surface area contributed by atoms with E-state index < -0.39 is 24.6 Å². The molecule has 0 spiro atoms. The molecule has 0 radical (unpaired) electrons. The number of alkyl halides is 1. The summed E-state index contributed by atoms with van der Waals surface area (Å²) in [5.41, 5.74) is 1.27. The lowest BCUT2D eigenvalue weighted by atomic mass is 9.90. The smallest absolute Gasteiger partial charge is 0.188 e. The average molecular weight is 485 g/mol. The molecule has 1 saturated carbocycles. The van der Waals surface area contributed by atoms with Gasteiger partial charge in [-0.25, -0.2) is 9.34 Å². The van der Waals surface area contributed by atoms with Crippen molar-refractivity contribution in [1.82, 2.24) is 9.34 Å². The Kier molecular flexibility index (Phi) is 8.68. The Bertz CT molecular complexity index is 635. The van der Waals surface area contributed by atoms with Gasteiger partial charge in [0.2, 0.25) is 0 Å². The predicted octanol–water partition coefficient (Wildman–Crippen LogP) is 7.28. The summed E-state index contributed by atoms with van der Waals surface area (Å²) in [5, 5.41) is 0. The molecule has 1 aliphatic carbocycles. The summed E-state index contributed by atoms with van der Waals surface area (Å²) in [5.74, 6) is 0.637. The molecule has 0 bridgehead atoms. The maximum atomic E-state index is 7.12. The van der Waals surface area contributed by atoms with Gasteiger partial charge in [0, 0.05) is 18.0 Å². The van der Waals surface area contributed by atoms with Gasteiger partial charge >= 0.3 is 0 Å². The van der Waals surface area contributed by atoms with E-state index in [0.717, 1.165) is 6.42 Å². The Balaban J connectivity index is 1.94. The van der Waals surface area contributed by atoms with Crippen molar-refractivity contribution in [2.75, 3.05) is 18.2 Å². The van der Waals surface area contributed by atoms with Crippen molar-refractivity contribution in [2.45, 2.75) is 89.6 Å². The molecule has 7 heteroatoms. The van der Waals surface area contributed by atoms with Gasteiger partial charge in [-0.3, -0.25) is 0 Å². The standard InChI is InChI=1S/C23H42ClN2OPSi2/c1-29(2,3)18-25-21-14-10-11-15-22(21)26(19-30(4,5)6)28(25)27-23(16-17-24)20-12-8-7-9-13-20/h7-9,12-13,21-23H,10-11,14-19H2,1-6H3/t21-,22-,23-/m1/s1. The fraction of sp³-hybridized carbons (Fsp3) is 0.739. The normalized spacial score (nSPS) is 25.4. The van der Waals surface area contributed by atoms with Crippen molar-refractivity contribution in [3.63, 3.8) is 0 Å². The zero-order valence-corrected chi connectivity index (χ0v) is 23.6. The summed E-state index contributed by atoms with van der Waals surface area (Å²) in [6, 6.07) is 12.1. The summed E-state index contributed by atoms with van der Waals surface area (Å²) in [7, 11) is -3.26. The molecular weight excluding hydrogens is 443 g/mol. The van der Waals surface area contributed by atoms with Gasteiger partial charge < -0.3 is 4.52 Å². The third kappa shape index (κ3) is 6.63. The monoisotopic (exact) mass is 484 g/mol. The van der Waals surface area contributed by atoms with E-state index in [-0.39, 0.29) is 6.10 Å². The third-order valence-corrected chi connectivity index (χ3v) is 11.5. The molecule has 1 heterocycles. The second-order valence-corrected chi connectivity index (χ2v) is 24.5. The first kappa shape index (κ1) is 24.9. The first-order chi connectivity index (χ1) is 14.1. The van der Waals surface area contributed by atoms with E-state index in [1.54, 1.807) is 0 Å². The molecule has 0 unspecified atom stereocenters. The van der Waals surface area contributed by atoms with Gasteiger partial charge in [0.05, 0.1) is 22.3 Å². The van der Waals surface area contributed by atoms with Crippen LogP contribution in [0.15, 0.2) is 30.3 Å². The highest BCUT2D eigenvalue weighted by molar-refractivity contribution is 7.48. The Hall–Kier alpha value is 0.254. The lowest BCUT2D eigenvalue weighted by molar-refractivity contribution is 0.197. The highest BCUT2D eigenvalue weighted by Gasteiger charge is 2.51. The molecular formula is C23H42ClN2OPSi2. The minimum absolute atomic E-state index is 0.0863. The van der Waals surface area contributed by atoms with Crippen LogP contribution in [0, 0.1) is 0 Å². The highest BCUT2D eigenvalue weighted by Crippen LogP contribution is 2.60. The SMILES string of the molecule is C[Si](C)(C)CN1[C@@H]2CCCC[C@H]2N(C[Si](C)(C)C)P1O[C@H](CCCl)c1ccccc1. The summed E-state index contributed by atoms with van der Waals surface area (Å²) in [6.07, 6.45) is 8.86. The molecule has 0 amide bonds. The van der Waals surface area contributed by atoms with Crippen LogP contribution in [0.5, 0.6) is 0 Å². The number of benzene rings is 1. The second kappa shape index (κ2) is 10.5. The summed E-state index contributed by atoms with van der Waals surface area (Å²) in [6.45, 7) is 15.0. The van der Waals surface area contributed by atoms with E-state index in [2.05, 4.69) is 79.0 Å². The molecule has 3 rings (SSSR count).